The number of aliphatic imine (C=N–C) groups is 1. The van der Waals surface area contributed by atoms with Crippen LogP contribution < -0.4 is 5.32 Å². The summed E-state index contributed by atoms with van der Waals surface area (Å²) in [7, 11) is 0. The molecule has 0 aromatic heterocycles. The number of aryl methyl sites for hydroxylation is 1. The molecule has 25 heavy (non-hydrogen) atoms. The van der Waals surface area contributed by atoms with Crippen molar-refractivity contribution in [1.29, 1.82) is 0 Å². The number of para-hydroxylation sites is 1. The highest BCUT2D eigenvalue weighted by Crippen LogP contribution is 2.30. The minimum absolute atomic E-state index is 0.107. The topological polar surface area (TPSA) is 41.5 Å². The first-order chi connectivity index (χ1) is 12.2. The largest absolute Gasteiger partial charge is 0.323 e. The maximum absolute atomic E-state index is 12.8. The Morgan fingerprint density at radius 3 is 2.44 bits per heavy atom. The SMILES string of the molecule is Cc1cccc(C2N=C(c3ccccc3)c3ccccc3NC2=O)c1. The normalized spacial score (nSPS) is 16.4. The first-order valence-electron chi connectivity index (χ1n) is 8.32. The van der Waals surface area contributed by atoms with Crippen molar-refractivity contribution in [2.45, 2.75) is 13.0 Å². The zero-order chi connectivity index (χ0) is 17.2. The lowest BCUT2D eigenvalue weighted by Gasteiger charge is -2.12. The minimum atomic E-state index is -0.567. The fourth-order valence-electron chi connectivity index (χ4n) is 3.15. The van der Waals surface area contributed by atoms with E-state index < -0.39 is 6.04 Å². The summed E-state index contributed by atoms with van der Waals surface area (Å²) in [5.74, 6) is -0.107. The maximum Gasteiger partial charge on any atom is 0.253 e. The molecule has 0 aliphatic carbocycles. The first-order valence-corrected chi connectivity index (χ1v) is 8.32. The fraction of sp³-hybridized carbons (Fsp3) is 0.0909. The van der Waals surface area contributed by atoms with E-state index in [2.05, 4.69) is 5.32 Å². The molecular weight excluding hydrogens is 308 g/mol. The van der Waals surface area contributed by atoms with Gasteiger partial charge in [-0.05, 0) is 18.6 Å². The van der Waals surface area contributed by atoms with Gasteiger partial charge in [-0.15, -0.1) is 0 Å². The molecule has 0 bridgehead atoms. The molecule has 3 heteroatoms. The van der Waals surface area contributed by atoms with Crippen LogP contribution in [0.2, 0.25) is 0 Å². The third-order valence-electron chi connectivity index (χ3n) is 4.35. The number of benzodiazepines with no additional fused rings is 1. The van der Waals surface area contributed by atoms with Gasteiger partial charge in [0.1, 0.15) is 0 Å². The van der Waals surface area contributed by atoms with Crippen LogP contribution in [0.3, 0.4) is 0 Å². The number of nitrogens with zero attached hydrogens (tertiary/aromatic N) is 1. The number of fused-ring (bicyclic) bond motifs is 1. The molecule has 0 radical (unpaired) electrons. The summed E-state index contributed by atoms with van der Waals surface area (Å²) in [6.07, 6.45) is 0. The van der Waals surface area contributed by atoms with Gasteiger partial charge in [-0.2, -0.15) is 0 Å². The second kappa shape index (κ2) is 6.36. The number of rotatable bonds is 2. The van der Waals surface area contributed by atoms with E-state index in [1.54, 1.807) is 0 Å². The summed E-state index contributed by atoms with van der Waals surface area (Å²) in [5, 5.41) is 3.04. The molecule has 1 aliphatic rings. The predicted molar refractivity (Wildman–Crippen MR) is 101 cm³/mol. The Morgan fingerprint density at radius 2 is 1.64 bits per heavy atom. The molecule has 1 unspecified atom stereocenters. The van der Waals surface area contributed by atoms with Gasteiger partial charge in [0.25, 0.3) is 5.91 Å². The minimum Gasteiger partial charge on any atom is -0.323 e. The van der Waals surface area contributed by atoms with Crippen molar-refractivity contribution < 1.29 is 4.79 Å². The molecule has 3 nitrogen and oxygen atoms in total. The number of hydrogen-bond donors (Lipinski definition) is 1. The molecule has 1 atom stereocenters. The molecule has 3 aromatic carbocycles. The smallest absolute Gasteiger partial charge is 0.253 e. The summed E-state index contributed by atoms with van der Waals surface area (Å²) >= 11 is 0. The van der Waals surface area contributed by atoms with Crippen molar-refractivity contribution in [2.75, 3.05) is 5.32 Å². The standard InChI is InChI=1S/C22H18N2O/c1-15-8-7-11-17(14-15)21-22(25)23-19-13-6-5-12-18(19)20(24-21)16-9-3-2-4-10-16/h2-14,21H,1H3,(H,23,25). The van der Waals surface area contributed by atoms with E-state index in [0.29, 0.717) is 0 Å². The van der Waals surface area contributed by atoms with Crippen LogP contribution in [0.1, 0.15) is 28.3 Å². The second-order valence-corrected chi connectivity index (χ2v) is 6.20. The van der Waals surface area contributed by atoms with Gasteiger partial charge >= 0.3 is 0 Å². The van der Waals surface area contributed by atoms with Crippen LogP contribution >= 0.6 is 0 Å². The number of anilines is 1. The van der Waals surface area contributed by atoms with E-state index >= 15 is 0 Å². The molecule has 1 heterocycles. The van der Waals surface area contributed by atoms with Crippen LogP contribution in [0.5, 0.6) is 0 Å². The summed E-state index contributed by atoms with van der Waals surface area (Å²) in [5.41, 5.74) is 5.59. The van der Waals surface area contributed by atoms with Gasteiger partial charge in [-0.3, -0.25) is 9.79 Å². The van der Waals surface area contributed by atoms with E-state index in [0.717, 1.165) is 33.7 Å². The average Bonchev–Trinajstić information content (AvgIpc) is 2.78. The third kappa shape index (κ3) is 2.96. The lowest BCUT2D eigenvalue weighted by atomic mass is 10.0. The molecule has 1 aliphatic heterocycles. The van der Waals surface area contributed by atoms with Gasteiger partial charge in [0.15, 0.2) is 6.04 Å². The highest BCUT2D eigenvalue weighted by Gasteiger charge is 2.26. The van der Waals surface area contributed by atoms with Gasteiger partial charge in [-0.25, -0.2) is 0 Å². The molecule has 0 fully saturated rings. The quantitative estimate of drug-likeness (QED) is 0.739. The zero-order valence-corrected chi connectivity index (χ0v) is 13.9. The monoisotopic (exact) mass is 326 g/mol. The number of benzene rings is 3. The lowest BCUT2D eigenvalue weighted by Crippen LogP contribution is -2.18. The van der Waals surface area contributed by atoms with Gasteiger partial charge < -0.3 is 5.32 Å². The average molecular weight is 326 g/mol. The Balaban J connectivity index is 1.92. The van der Waals surface area contributed by atoms with Crippen LogP contribution in [0.15, 0.2) is 83.9 Å². The van der Waals surface area contributed by atoms with E-state index in [1.807, 2.05) is 85.8 Å². The van der Waals surface area contributed by atoms with Crippen molar-refractivity contribution in [3.8, 4) is 0 Å². The highest BCUT2D eigenvalue weighted by atomic mass is 16.2. The molecular formula is C22H18N2O. The van der Waals surface area contributed by atoms with E-state index in [-0.39, 0.29) is 5.91 Å². The Morgan fingerprint density at radius 1 is 0.880 bits per heavy atom. The summed E-state index contributed by atoms with van der Waals surface area (Å²) in [6.45, 7) is 2.02. The summed E-state index contributed by atoms with van der Waals surface area (Å²) in [6, 6.07) is 25.2. The van der Waals surface area contributed by atoms with Gasteiger partial charge in [-0.1, -0.05) is 78.4 Å². The predicted octanol–water partition coefficient (Wildman–Crippen LogP) is 4.53. The van der Waals surface area contributed by atoms with E-state index in [9.17, 15) is 4.79 Å². The molecule has 3 aromatic rings. The van der Waals surface area contributed by atoms with Gasteiger partial charge in [0.2, 0.25) is 0 Å². The van der Waals surface area contributed by atoms with Crippen LogP contribution in [-0.2, 0) is 4.79 Å². The number of amides is 1. The van der Waals surface area contributed by atoms with Crippen molar-refractivity contribution >= 4 is 17.3 Å². The molecule has 1 amide bonds. The molecule has 4 rings (SSSR count). The van der Waals surface area contributed by atoms with Crippen LogP contribution in [0.25, 0.3) is 0 Å². The Labute approximate surface area is 147 Å². The lowest BCUT2D eigenvalue weighted by molar-refractivity contribution is -0.117. The van der Waals surface area contributed by atoms with Crippen molar-refractivity contribution in [2.24, 2.45) is 4.99 Å². The van der Waals surface area contributed by atoms with E-state index in [1.165, 1.54) is 0 Å². The summed E-state index contributed by atoms with van der Waals surface area (Å²) < 4.78 is 0. The Hall–Kier alpha value is -3.20. The van der Waals surface area contributed by atoms with Gasteiger partial charge in [0.05, 0.1) is 11.4 Å². The first kappa shape index (κ1) is 15.3. The van der Waals surface area contributed by atoms with Crippen molar-refractivity contribution in [3.63, 3.8) is 0 Å². The fourth-order valence-corrected chi connectivity index (χ4v) is 3.15. The number of hydrogen-bond acceptors (Lipinski definition) is 2. The third-order valence-corrected chi connectivity index (χ3v) is 4.35. The maximum atomic E-state index is 12.8. The molecule has 0 spiro atoms. The van der Waals surface area contributed by atoms with Crippen LogP contribution in [-0.4, -0.2) is 11.6 Å². The summed E-state index contributed by atoms with van der Waals surface area (Å²) in [4.78, 5) is 17.7. The number of carbonyl (C=O) groups is 1. The molecule has 0 saturated carbocycles. The Bertz CT molecular complexity index is 961. The van der Waals surface area contributed by atoms with Crippen LogP contribution in [0.4, 0.5) is 5.69 Å². The second-order valence-electron chi connectivity index (χ2n) is 6.20. The molecule has 0 saturated heterocycles. The van der Waals surface area contributed by atoms with Gasteiger partial charge in [0, 0.05) is 11.1 Å². The highest BCUT2D eigenvalue weighted by molar-refractivity contribution is 6.19. The van der Waals surface area contributed by atoms with Crippen LogP contribution in [0, 0.1) is 6.92 Å². The Kier molecular flexibility index (Phi) is 3.90. The van der Waals surface area contributed by atoms with Crippen molar-refractivity contribution in [1.82, 2.24) is 0 Å². The van der Waals surface area contributed by atoms with E-state index in [4.69, 9.17) is 4.99 Å². The number of nitrogens with one attached hydrogen (secondary N) is 1. The molecule has 122 valence electrons. The zero-order valence-electron chi connectivity index (χ0n) is 13.9. The number of carbonyl (C=O) groups excluding carboxylic acids is 1. The molecule has 1 N–H and O–H groups in total. The van der Waals surface area contributed by atoms with Crippen molar-refractivity contribution in [3.05, 3.63) is 101 Å².